The molecule has 0 aromatic heterocycles. The third-order valence-corrected chi connectivity index (χ3v) is 2.03. The molecular weight excluding hydrogens is 178 g/mol. The van der Waals surface area contributed by atoms with Crippen LogP contribution in [-0.2, 0) is 4.79 Å². The van der Waals surface area contributed by atoms with Crippen LogP contribution in [0.4, 0.5) is 0 Å². The Morgan fingerprint density at radius 3 is 2.86 bits per heavy atom. The number of nitrogens with zero attached hydrogens (tertiary/aromatic N) is 1. The van der Waals surface area contributed by atoms with Crippen LogP contribution in [0.5, 0.6) is 0 Å². The molecule has 0 fully saturated rings. The Bertz CT molecular complexity index is 182. The summed E-state index contributed by atoms with van der Waals surface area (Å²) in [5, 5.41) is 3.03. The predicted octanol–water partition coefficient (Wildman–Crippen LogP) is -0.0423. The summed E-state index contributed by atoms with van der Waals surface area (Å²) >= 11 is 0. The fraction of sp³-hybridized carbons (Fsp3) is 0.700. The van der Waals surface area contributed by atoms with Gasteiger partial charge in [-0.25, -0.2) is 0 Å². The van der Waals surface area contributed by atoms with E-state index in [-0.39, 0.29) is 5.91 Å². The van der Waals surface area contributed by atoms with Crippen molar-refractivity contribution in [2.45, 2.75) is 18.9 Å². The highest BCUT2D eigenvalue weighted by Gasteiger charge is 2.15. The van der Waals surface area contributed by atoms with Gasteiger partial charge in [0.15, 0.2) is 0 Å². The molecule has 0 aliphatic rings. The van der Waals surface area contributed by atoms with E-state index in [1.165, 1.54) is 0 Å². The van der Waals surface area contributed by atoms with E-state index >= 15 is 0 Å². The van der Waals surface area contributed by atoms with Gasteiger partial charge in [0, 0.05) is 13.6 Å². The fourth-order valence-corrected chi connectivity index (χ4v) is 1.17. The molecule has 0 bridgehead atoms. The van der Waals surface area contributed by atoms with Gasteiger partial charge in [-0.15, -0.1) is 6.58 Å². The monoisotopic (exact) mass is 199 g/mol. The molecule has 0 spiro atoms. The van der Waals surface area contributed by atoms with Crippen molar-refractivity contribution < 1.29 is 4.79 Å². The van der Waals surface area contributed by atoms with Gasteiger partial charge in [0.2, 0.25) is 5.91 Å². The molecule has 0 saturated heterocycles. The smallest absolute Gasteiger partial charge is 0.239 e. The first-order chi connectivity index (χ1) is 6.63. The van der Waals surface area contributed by atoms with E-state index in [0.29, 0.717) is 6.42 Å². The summed E-state index contributed by atoms with van der Waals surface area (Å²) in [4.78, 5) is 13.2. The quantitative estimate of drug-likeness (QED) is 0.447. The number of likely N-dealkylation sites (N-methyl/N-ethyl adjacent to an activating group) is 1. The number of hydrogen-bond donors (Lipinski definition) is 2. The zero-order valence-corrected chi connectivity index (χ0v) is 9.12. The van der Waals surface area contributed by atoms with Gasteiger partial charge in [0.05, 0.1) is 6.04 Å². The van der Waals surface area contributed by atoms with Crippen molar-refractivity contribution in [3.05, 3.63) is 12.7 Å². The normalized spacial score (nSPS) is 12.2. The Morgan fingerprint density at radius 1 is 1.71 bits per heavy atom. The van der Waals surface area contributed by atoms with Crippen LogP contribution in [0.2, 0.25) is 0 Å². The first-order valence-corrected chi connectivity index (χ1v) is 4.89. The molecule has 0 aliphatic carbocycles. The van der Waals surface area contributed by atoms with Crippen LogP contribution in [-0.4, -0.2) is 44.0 Å². The van der Waals surface area contributed by atoms with Crippen molar-refractivity contribution in [2.24, 2.45) is 5.73 Å². The first-order valence-electron chi connectivity index (χ1n) is 4.89. The number of nitrogens with two attached hydrogens (primary N) is 1. The summed E-state index contributed by atoms with van der Waals surface area (Å²) in [6.07, 6.45) is 3.15. The highest BCUT2D eigenvalue weighted by Crippen LogP contribution is 1.96. The highest BCUT2D eigenvalue weighted by molar-refractivity contribution is 5.81. The minimum absolute atomic E-state index is 0.0130. The van der Waals surface area contributed by atoms with Gasteiger partial charge < -0.3 is 16.0 Å². The van der Waals surface area contributed by atoms with E-state index in [0.717, 1.165) is 19.5 Å². The molecule has 4 nitrogen and oxygen atoms in total. The van der Waals surface area contributed by atoms with Crippen molar-refractivity contribution in [2.75, 3.05) is 27.2 Å². The number of hydrogen-bond acceptors (Lipinski definition) is 3. The average molecular weight is 199 g/mol. The highest BCUT2D eigenvalue weighted by atomic mass is 16.2. The molecule has 0 heterocycles. The minimum atomic E-state index is -0.438. The third-order valence-electron chi connectivity index (χ3n) is 2.03. The van der Waals surface area contributed by atoms with Crippen LogP contribution in [0.3, 0.4) is 0 Å². The zero-order chi connectivity index (χ0) is 11.0. The van der Waals surface area contributed by atoms with E-state index < -0.39 is 6.04 Å². The van der Waals surface area contributed by atoms with Gasteiger partial charge >= 0.3 is 0 Å². The van der Waals surface area contributed by atoms with E-state index in [4.69, 9.17) is 5.73 Å². The number of rotatable bonds is 7. The molecule has 82 valence electrons. The van der Waals surface area contributed by atoms with Gasteiger partial charge in [0.25, 0.3) is 0 Å². The first kappa shape index (κ1) is 13.1. The summed E-state index contributed by atoms with van der Waals surface area (Å²) in [6.45, 7) is 5.21. The molecule has 0 aromatic carbocycles. The van der Waals surface area contributed by atoms with Crippen molar-refractivity contribution >= 4 is 5.91 Å². The molecule has 0 radical (unpaired) electrons. The Morgan fingerprint density at radius 2 is 2.36 bits per heavy atom. The van der Waals surface area contributed by atoms with Crippen LogP contribution >= 0.6 is 0 Å². The lowest BCUT2D eigenvalue weighted by atomic mass is 10.2. The minimum Gasteiger partial charge on any atom is -0.344 e. The van der Waals surface area contributed by atoms with Gasteiger partial charge in [-0.3, -0.25) is 4.79 Å². The van der Waals surface area contributed by atoms with Gasteiger partial charge in [-0.2, -0.15) is 0 Å². The lowest BCUT2D eigenvalue weighted by molar-refractivity contribution is -0.131. The molecule has 3 N–H and O–H groups in total. The van der Waals surface area contributed by atoms with Crippen LogP contribution < -0.4 is 11.1 Å². The second kappa shape index (κ2) is 7.53. The Labute approximate surface area is 86.1 Å². The molecule has 0 rings (SSSR count). The van der Waals surface area contributed by atoms with Crippen LogP contribution in [0.25, 0.3) is 0 Å². The van der Waals surface area contributed by atoms with Gasteiger partial charge in [-0.05, 0) is 26.4 Å². The molecule has 1 unspecified atom stereocenters. The lowest BCUT2D eigenvalue weighted by Crippen LogP contribution is -2.42. The zero-order valence-electron chi connectivity index (χ0n) is 9.12. The third kappa shape index (κ3) is 4.99. The lowest BCUT2D eigenvalue weighted by Gasteiger charge is -2.20. The summed E-state index contributed by atoms with van der Waals surface area (Å²) in [7, 11) is 3.67. The second-order valence-corrected chi connectivity index (χ2v) is 3.35. The summed E-state index contributed by atoms with van der Waals surface area (Å²) in [5.74, 6) is -0.0130. The summed E-state index contributed by atoms with van der Waals surface area (Å²) < 4.78 is 0. The number of carbonyl (C=O) groups excluding carboxylic acids is 1. The Hall–Kier alpha value is -0.870. The average Bonchev–Trinajstić information content (AvgIpc) is 2.17. The standard InChI is InChI=1S/C10H21N3O/c1-4-6-9(11)10(14)13(3)8-5-7-12-2/h4,9,12H,1,5-8,11H2,2-3H3. The largest absolute Gasteiger partial charge is 0.344 e. The Balaban J connectivity index is 3.79. The van der Waals surface area contributed by atoms with Gasteiger partial charge in [-0.1, -0.05) is 6.08 Å². The van der Waals surface area contributed by atoms with E-state index in [2.05, 4.69) is 11.9 Å². The summed E-state index contributed by atoms with van der Waals surface area (Å²) in [5.41, 5.74) is 5.65. The molecule has 0 aliphatic heterocycles. The molecule has 0 saturated carbocycles. The molecule has 1 atom stereocenters. The SMILES string of the molecule is C=CCC(N)C(=O)N(C)CCCNC. The van der Waals surface area contributed by atoms with Crippen molar-refractivity contribution in [1.29, 1.82) is 0 Å². The fourth-order valence-electron chi connectivity index (χ4n) is 1.17. The molecule has 4 heteroatoms. The number of amides is 1. The molecule has 14 heavy (non-hydrogen) atoms. The maximum atomic E-state index is 11.6. The maximum Gasteiger partial charge on any atom is 0.239 e. The Kier molecular flexibility index (Phi) is 7.06. The molecular formula is C10H21N3O. The molecule has 0 aromatic rings. The predicted molar refractivity (Wildman–Crippen MR) is 59.0 cm³/mol. The van der Waals surface area contributed by atoms with Crippen molar-refractivity contribution in [3.8, 4) is 0 Å². The van der Waals surface area contributed by atoms with Crippen molar-refractivity contribution in [1.82, 2.24) is 10.2 Å². The van der Waals surface area contributed by atoms with E-state index in [1.807, 2.05) is 7.05 Å². The van der Waals surface area contributed by atoms with Gasteiger partial charge in [0.1, 0.15) is 0 Å². The maximum absolute atomic E-state index is 11.6. The van der Waals surface area contributed by atoms with Crippen LogP contribution in [0.15, 0.2) is 12.7 Å². The second-order valence-electron chi connectivity index (χ2n) is 3.35. The van der Waals surface area contributed by atoms with E-state index in [1.54, 1.807) is 18.0 Å². The summed E-state index contributed by atoms with van der Waals surface area (Å²) in [6, 6.07) is -0.438. The number of nitrogens with one attached hydrogen (secondary N) is 1. The van der Waals surface area contributed by atoms with Crippen LogP contribution in [0.1, 0.15) is 12.8 Å². The molecule has 1 amide bonds. The topological polar surface area (TPSA) is 58.4 Å². The van der Waals surface area contributed by atoms with E-state index in [9.17, 15) is 4.79 Å². The number of carbonyl (C=O) groups is 1. The van der Waals surface area contributed by atoms with Crippen molar-refractivity contribution in [3.63, 3.8) is 0 Å². The van der Waals surface area contributed by atoms with Crippen LogP contribution in [0, 0.1) is 0 Å².